The largest absolute Gasteiger partial charge is 0.220 e. The molecule has 5 rings (SSSR count). The Labute approximate surface area is 202 Å². The van der Waals surface area contributed by atoms with Gasteiger partial charge in [0.1, 0.15) is 8.42 Å². The first-order valence-corrected chi connectivity index (χ1v) is 13.6. The molecule has 0 radical (unpaired) electrons. The lowest BCUT2D eigenvalue weighted by Gasteiger charge is -2.21. The maximum atomic E-state index is 8.83. The van der Waals surface area contributed by atoms with Gasteiger partial charge in [0.2, 0.25) is 5.69 Å². The third-order valence-corrected chi connectivity index (χ3v) is 8.88. The lowest BCUT2D eigenvalue weighted by molar-refractivity contribution is -0.659. The van der Waals surface area contributed by atoms with Crippen molar-refractivity contribution in [3.05, 3.63) is 64.8 Å². The van der Waals surface area contributed by atoms with E-state index in [0.717, 1.165) is 12.8 Å². The van der Waals surface area contributed by atoms with Crippen molar-refractivity contribution in [3.63, 3.8) is 0 Å². The van der Waals surface area contributed by atoms with Crippen molar-refractivity contribution in [3.8, 4) is 11.3 Å². The summed E-state index contributed by atoms with van der Waals surface area (Å²) >= 11 is 0. The van der Waals surface area contributed by atoms with E-state index in [1.54, 1.807) is 11.1 Å². The normalized spacial score (nSPS) is 18.0. The van der Waals surface area contributed by atoms with Gasteiger partial charge in [0.15, 0.2) is 6.17 Å². The number of nitrogens with zero attached hydrogens (tertiary/aromatic N) is 1. The van der Waals surface area contributed by atoms with Gasteiger partial charge >= 0.3 is 0 Å². The Morgan fingerprint density at radius 2 is 1.58 bits per heavy atom. The molecule has 1 heteroatoms. The molecule has 33 heavy (non-hydrogen) atoms. The number of pyridine rings is 1. The summed E-state index contributed by atoms with van der Waals surface area (Å²) in [6, 6.07) is 14.2. The van der Waals surface area contributed by atoms with Crippen LogP contribution in [0.2, 0.25) is 0 Å². The van der Waals surface area contributed by atoms with Crippen molar-refractivity contribution in [2.24, 2.45) is 7.05 Å². The minimum absolute atomic E-state index is 0.595. The van der Waals surface area contributed by atoms with E-state index in [1.807, 2.05) is 0 Å². The first kappa shape index (κ1) is 21.4. The number of hydrogen-bond acceptors (Lipinski definition) is 0. The second kappa shape index (κ2) is 9.61. The predicted octanol–water partition coefficient (Wildman–Crippen LogP) is 8.86. The fourth-order valence-electron chi connectivity index (χ4n) is 6.83. The molecule has 3 aromatic rings. The minimum atomic E-state index is 0.595. The van der Waals surface area contributed by atoms with Gasteiger partial charge < -0.3 is 0 Å². The van der Waals surface area contributed by atoms with Crippen LogP contribution in [0.3, 0.4) is 0 Å². The van der Waals surface area contributed by atoms with Crippen LogP contribution in [0.15, 0.2) is 42.6 Å². The van der Waals surface area contributed by atoms with Crippen LogP contribution in [-0.2, 0) is 7.05 Å². The van der Waals surface area contributed by atoms with Crippen LogP contribution in [0.25, 0.3) is 22.0 Å². The zero-order valence-corrected chi connectivity index (χ0v) is 21.2. The van der Waals surface area contributed by atoms with Gasteiger partial charge in [0.05, 0.1) is 10.9 Å². The summed E-state index contributed by atoms with van der Waals surface area (Å²) in [6.45, 7) is 6.92. The average Bonchev–Trinajstić information content (AvgIpc) is 3.56. The molecule has 2 fully saturated rings. The molecule has 0 saturated heterocycles. The van der Waals surface area contributed by atoms with E-state index in [2.05, 4.69) is 68.8 Å². The molecule has 0 atom stereocenters. The summed E-state index contributed by atoms with van der Waals surface area (Å²) in [5.74, 6) is 2.01. The lowest BCUT2D eigenvalue weighted by atomic mass is 9.83. The molecule has 174 valence electrons. The molecule has 0 aliphatic heterocycles. The Balaban J connectivity index is 1.74. The number of rotatable bonds is 6. The zero-order valence-electron chi connectivity index (χ0n) is 22.2. The fourth-order valence-corrected chi connectivity index (χ4v) is 6.83. The van der Waals surface area contributed by atoms with Gasteiger partial charge in [0.25, 0.3) is 0 Å². The van der Waals surface area contributed by atoms with Gasteiger partial charge in [-0.2, -0.15) is 0 Å². The van der Waals surface area contributed by atoms with Gasteiger partial charge in [-0.15, -0.1) is 0 Å². The Bertz CT molecular complexity index is 1180. The van der Waals surface area contributed by atoms with Crippen molar-refractivity contribution in [1.82, 2.24) is 0 Å². The van der Waals surface area contributed by atoms with E-state index in [-0.39, 0.29) is 0 Å². The van der Waals surface area contributed by atoms with Crippen molar-refractivity contribution in [1.29, 1.82) is 0 Å². The van der Waals surface area contributed by atoms with Gasteiger partial charge in [-0.3, -0.25) is 0 Å². The predicted molar refractivity (Wildman–Crippen MR) is 141 cm³/mol. The van der Waals surface area contributed by atoms with E-state index in [9.17, 15) is 0 Å². The molecule has 2 aromatic carbocycles. The van der Waals surface area contributed by atoms with Crippen molar-refractivity contribution in [2.75, 3.05) is 0 Å². The molecule has 1 heterocycles. The van der Waals surface area contributed by atoms with Crippen LogP contribution in [0.5, 0.6) is 0 Å². The Hall–Kier alpha value is -2.15. The Kier molecular flexibility index (Phi) is 6.23. The Morgan fingerprint density at radius 1 is 0.909 bits per heavy atom. The second-order valence-electron chi connectivity index (χ2n) is 10.8. The molecule has 2 aliphatic rings. The minimum Gasteiger partial charge on any atom is -0.200 e. The molecule has 2 saturated carbocycles. The highest BCUT2D eigenvalue weighted by Gasteiger charge is 2.27. The van der Waals surface area contributed by atoms with Crippen LogP contribution in [-0.4, -0.2) is 0 Å². The molecule has 0 amide bonds. The van der Waals surface area contributed by atoms with Gasteiger partial charge in [-0.1, -0.05) is 57.7 Å². The summed E-state index contributed by atoms with van der Waals surface area (Å²) in [4.78, 5) is 0. The van der Waals surface area contributed by atoms with E-state index >= 15 is 0 Å². The van der Waals surface area contributed by atoms with Gasteiger partial charge in [-0.25, -0.2) is 4.57 Å². The number of benzene rings is 2. The molecule has 2 aliphatic carbocycles. The zero-order chi connectivity index (χ0) is 23.8. The SMILES string of the molecule is [2H]c1cc2cc(C(CC)CC)ccc2c(-c2cc(C3CCCC3)cc(C3CCCC3)c2C)[n+]1C. The summed E-state index contributed by atoms with van der Waals surface area (Å²) in [6.07, 6.45) is 13.7. The third kappa shape index (κ3) is 4.25. The van der Waals surface area contributed by atoms with E-state index in [4.69, 9.17) is 1.37 Å². The van der Waals surface area contributed by atoms with E-state index < -0.39 is 0 Å². The second-order valence-corrected chi connectivity index (χ2v) is 10.8. The maximum Gasteiger partial charge on any atom is 0.220 e. The summed E-state index contributed by atoms with van der Waals surface area (Å²) in [5.41, 5.74) is 8.60. The molecular formula is C32H42N+. The third-order valence-electron chi connectivity index (χ3n) is 8.88. The summed E-state index contributed by atoms with van der Waals surface area (Å²) in [5, 5.41) is 2.51. The quantitative estimate of drug-likeness (QED) is 0.336. The molecule has 0 unspecified atom stereocenters. The Morgan fingerprint density at radius 3 is 2.24 bits per heavy atom. The van der Waals surface area contributed by atoms with E-state index in [1.165, 1.54) is 84.5 Å². The molecule has 0 bridgehead atoms. The van der Waals surface area contributed by atoms with Crippen LogP contribution >= 0.6 is 0 Å². The highest BCUT2D eigenvalue weighted by atomic mass is 14.9. The van der Waals surface area contributed by atoms with Crippen molar-refractivity contribution in [2.45, 2.75) is 103 Å². The van der Waals surface area contributed by atoms with Gasteiger partial charge in [0, 0.05) is 6.07 Å². The number of fused-ring (bicyclic) bond motifs is 1. The molecule has 1 nitrogen and oxygen atoms in total. The summed E-state index contributed by atoms with van der Waals surface area (Å²) < 4.78 is 11.0. The fraction of sp³-hybridized carbons (Fsp3) is 0.531. The van der Waals surface area contributed by atoms with Crippen molar-refractivity contribution >= 4 is 10.8 Å². The molecule has 0 N–H and O–H groups in total. The standard InChI is InChI=1S/C32H42N/c1-5-23(6-2)26-15-16-29-27(19-26)17-18-33(4)32(29)31-21-28(24-11-7-8-12-24)20-30(22(31)3)25-13-9-10-14-25/h15-21,23-25H,5-14H2,1-4H3/q+1/i18D. The lowest BCUT2D eigenvalue weighted by Crippen LogP contribution is -2.31. The van der Waals surface area contributed by atoms with Crippen LogP contribution in [0, 0.1) is 6.92 Å². The highest BCUT2D eigenvalue weighted by Crippen LogP contribution is 2.43. The maximum absolute atomic E-state index is 8.83. The number of hydrogen-bond donors (Lipinski definition) is 0. The monoisotopic (exact) mass is 441 g/mol. The van der Waals surface area contributed by atoms with Crippen LogP contribution < -0.4 is 4.57 Å². The first-order chi connectivity index (χ1) is 16.5. The topological polar surface area (TPSA) is 3.88 Å². The summed E-state index contributed by atoms with van der Waals surface area (Å²) in [7, 11) is 2.09. The highest BCUT2D eigenvalue weighted by molar-refractivity contribution is 5.94. The van der Waals surface area contributed by atoms with Crippen molar-refractivity contribution < 1.29 is 5.94 Å². The first-order valence-electron chi connectivity index (χ1n) is 14.1. The average molecular weight is 442 g/mol. The molecule has 0 spiro atoms. The van der Waals surface area contributed by atoms with Crippen LogP contribution in [0.4, 0.5) is 0 Å². The molecule has 1 aromatic heterocycles. The van der Waals surface area contributed by atoms with Crippen LogP contribution in [0.1, 0.15) is 119 Å². The molecular weight excluding hydrogens is 398 g/mol. The number of aromatic nitrogens is 1. The van der Waals surface area contributed by atoms with Gasteiger partial charge in [-0.05, 0) is 103 Å². The van der Waals surface area contributed by atoms with E-state index in [0.29, 0.717) is 23.9 Å². The smallest absolute Gasteiger partial charge is 0.200 e.